The third-order valence-corrected chi connectivity index (χ3v) is 3.42. The van der Waals surface area contributed by atoms with Gasteiger partial charge in [-0.1, -0.05) is 11.6 Å². The molecule has 0 aromatic carbocycles. The van der Waals surface area contributed by atoms with Gasteiger partial charge in [-0.25, -0.2) is 4.98 Å². The van der Waals surface area contributed by atoms with E-state index in [0.717, 1.165) is 23.8 Å². The second-order valence-electron chi connectivity index (χ2n) is 4.23. The van der Waals surface area contributed by atoms with Gasteiger partial charge in [0.25, 0.3) is 0 Å². The molecule has 3 nitrogen and oxygen atoms in total. The number of nitrogens with zero attached hydrogens (tertiary/aromatic N) is 2. The van der Waals surface area contributed by atoms with Gasteiger partial charge in [0.2, 0.25) is 0 Å². The second kappa shape index (κ2) is 5.51. The minimum atomic E-state index is 0.610. The van der Waals surface area contributed by atoms with Gasteiger partial charge in [0, 0.05) is 18.8 Å². The predicted molar refractivity (Wildman–Crippen MR) is 67.9 cm³/mol. The summed E-state index contributed by atoms with van der Waals surface area (Å²) >= 11 is 6.19. The monoisotopic (exact) mass is 239 g/mol. The van der Waals surface area contributed by atoms with Crippen molar-refractivity contribution in [1.82, 2.24) is 4.98 Å². The van der Waals surface area contributed by atoms with E-state index in [4.69, 9.17) is 17.3 Å². The van der Waals surface area contributed by atoms with Crippen LogP contribution in [0.2, 0.25) is 5.02 Å². The highest BCUT2D eigenvalue weighted by Gasteiger charge is 2.26. The molecule has 2 rings (SSSR count). The summed E-state index contributed by atoms with van der Waals surface area (Å²) in [5.41, 5.74) is 5.57. The molecule has 16 heavy (non-hydrogen) atoms. The van der Waals surface area contributed by atoms with Gasteiger partial charge in [-0.2, -0.15) is 0 Å². The fraction of sp³-hybridized carbons (Fsp3) is 0.583. The summed E-state index contributed by atoms with van der Waals surface area (Å²) in [6.07, 6.45) is 6.60. The summed E-state index contributed by atoms with van der Waals surface area (Å²) in [5.74, 6) is 0.919. The largest absolute Gasteiger partial charge is 0.352 e. The van der Waals surface area contributed by atoms with Crippen LogP contribution in [0.15, 0.2) is 18.3 Å². The lowest BCUT2D eigenvalue weighted by Gasteiger charge is -2.38. The molecule has 1 saturated carbocycles. The number of hydrogen-bond acceptors (Lipinski definition) is 3. The van der Waals surface area contributed by atoms with E-state index in [1.54, 1.807) is 6.20 Å². The molecular weight excluding hydrogens is 222 g/mol. The van der Waals surface area contributed by atoms with E-state index in [9.17, 15) is 0 Å². The van der Waals surface area contributed by atoms with E-state index in [0.29, 0.717) is 12.6 Å². The first-order chi connectivity index (χ1) is 7.83. The molecule has 4 heteroatoms. The number of halogens is 1. The minimum Gasteiger partial charge on any atom is -0.352 e. The number of hydrogen-bond donors (Lipinski definition) is 1. The van der Waals surface area contributed by atoms with Crippen LogP contribution in [0.25, 0.3) is 0 Å². The Hall–Kier alpha value is -0.800. The Morgan fingerprint density at radius 2 is 2.31 bits per heavy atom. The average molecular weight is 240 g/mol. The van der Waals surface area contributed by atoms with Gasteiger partial charge in [0.05, 0.1) is 5.02 Å². The minimum absolute atomic E-state index is 0.610. The molecule has 1 aliphatic rings. The maximum Gasteiger partial charge on any atom is 0.147 e. The normalized spacial score (nSPS) is 15.9. The first-order valence-electron chi connectivity index (χ1n) is 5.90. The number of nitrogens with two attached hydrogens (primary N) is 1. The Kier molecular flexibility index (Phi) is 4.02. The van der Waals surface area contributed by atoms with E-state index < -0.39 is 0 Å². The molecule has 0 radical (unpaired) electrons. The number of aromatic nitrogens is 1. The molecule has 2 N–H and O–H groups in total. The van der Waals surface area contributed by atoms with Crippen molar-refractivity contribution in [2.24, 2.45) is 5.73 Å². The molecule has 1 aromatic heterocycles. The van der Waals surface area contributed by atoms with Crippen LogP contribution in [0, 0.1) is 0 Å². The number of anilines is 1. The zero-order chi connectivity index (χ0) is 11.4. The lowest BCUT2D eigenvalue weighted by Crippen LogP contribution is -2.42. The fourth-order valence-electron chi connectivity index (χ4n) is 2.01. The van der Waals surface area contributed by atoms with Gasteiger partial charge >= 0.3 is 0 Å². The zero-order valence-corrected chi connectivity index (χ0v) is 10.2. The van der Waals surface area contributed by atoms with Crippen molar-refractivity contribution in [2.45, 2.75) is 31.7 Å². The molecule has 0 unspecified atom stereocenters. The van der Waals surface area contributed by atoms with Gasteiger partial charge < -0.3 is 10.6 Å². The van der Waals surface area contributed by atoms with Gasteiger partial charge in [-0.3, -0.25) is 0 Å². The van der Waals surface area contributed by atoms with E-state index in [1.807, 2.05) is 12.1 Å². The average Bonchev–Trinajstić information content (AvgIpc) is 2.22. The SMILES string of the molecule is NCCCN(c1ncccc1Cl)C1CCC1. The van der Waals surface area contributed by atoms with Crippen LogP contribution in [-0.4, -0.2) is 24.1 Å². The molecule has 0 bridgehead atoms. The van der Waals surface area contributed by atoms with E-state index in [-0.39, 0.29) is 0 Å². The highest BCUT2D eigenvalue weighted by Crippen LogP contribution is 2.32. The Labute approximate surface area is 102 Å². The van der Waals surface area contributed by atoms with Crippen LogP contribution < -0.4 is 10.6 Å². The first kappa shape index (κ1) is 11.7. The molecule has 1 aliphatic carbocycles. The van der Waals surface area contributed by atoms with Crippen LogP contribution >= 0.6 is 11.6 Å². The highest BCUT2D eigenvalue weighted by atomic mass is 35.5. The zero-order valence-electron chi connectivity index (χ0n) is 9.40. The number of pyridine rings is 1. The van der Waals surface area contributed by atoms with E-state index in [1.165, 1.54) is 19.3 Å². The summed E-state index contributed by atoms with van der Waals surface area (Å²) in [6.45, 7) is 1.67. The molecule has 0 spiro atoms. The summed E-state index contributed by atoms with van der Waals surface area (Å²) in [4.78, 5) is 6.71. The maximum atomic E-state index is 6.19. The fourth-order valence-corrected chi connectivity index (χ4v) is 2.24. The van der Waals surface area contributed by atoms with Crippen LogP contribution in [0.1, 0.15) is 25.7 Å². The van der Waals surface area contributed by atoms with Crippen molar-refractivity contribution in [3.8, 4) is 0 Å². The summed E-state index contributed by atoms with van der Waals surface area (Å²) in [5, 5.41) is 0.742. The Balaban J connectivity index is 2.13. The third-order valence-electron chi connectivity index (χ3n) is 3.13. The van der Waals surface area contributed by atoms with Crippen molar-refractivity contribution in [3.05, 3.63) is 23.4 Å². The van der Waals surface area contributed by atoms with Crippen molar-refractivity contribution >= 4 is 17.4 Å². The van der Waals surface area contributed by atoms with E-state index >= 15 is 0 Å². The standard InChI is InChI=1S/C12H18ClN3/c13-11-6-2-8-15-12(11)16(9-3-7-14)10-4-1-5-10/h2,6,8,10H,1,3-5,7,9,14H2. The Bertz CT molecular complexity index is 339. The maximum absolute atomic E-state index is 6.19. The smallest absolute Gasteiger partial charge is 0.147 e. The molecule has 1 heterocycles. The molecule has 0 aliphatic heterocycles. The third kappa shape index (κ3) is 2.47. The highest BCUT2D eigenvalue weighted by molar-refractivity contribution is 6.32. The quantitative estimate of drug-likeness (QED) is 0.858. The molecule has 0 amide bonds. The summed E-state index contributed by atoms with van der Waals surface area (Å²) in [7, 11) is 0. The van der Waals surface area contributed by atoms with Crippen molar-refractivity contribution in [2.75, 3.05) is 18.0 Å². The van der Waals surface area contributed by atoms with Gasteiger partial charge in [-0.05, 0) is 44.4 Å². The van der Waals surface area contributed by atoms with Crippen molar-refractivity contribution in [1.29, 1.82) is 0 Å². The van der Waals surface area contributed by atoms with Crippen LogP contribution in [-0.2, 0) is 0 Å². The van der Waals surface area contributed by atoms with Crippen LogP contribution in [0.5, 0.6) is 0 Å². The predicted octanol–water partition coefficient (Wildman–Crippen LogP) is 2.44. The first-order valence-corrected chi connectivity index (χ1v) is 6.28. The van der Waals surface area contributed by atoms with Crippen molar-refractivity contribution in [3.63, 3.8) is 0 Å². The molecule has 1 aromatic rings. The molecular formula is C12H18ClN3. The topological polar surface area (TPSA) is 42.1 Å². The Morgan fingerprint density at radius 3 is 2.88 bits per heavy atom. The van der Waals surface area contributed by atoms with E-state index in [2.05, 4.69) is 9.88 Å². The molecule has 1 fully saturated rings. The van der Waals surface area contributed by atoms with Crippen LogP contribution in [0.4, 0.5) is 5.82 Å². The molecule has 0 saturated heterocycles. The summed E-state index contributed by atoms with van der Waals surface area (Å²) in [6, 6.07) is 4.38. The van der Waals surface area contributed by atoms with Crippen molar-refractivity contribution < 1.29 is 0 Å². The lowest BCUT2D eigenvalue weighted by atomic mass is 9.91. The van der Waals surface area contributed by atoms with Gasteiger partial charge in [0.15, 0.2) is 0 Å². The summed E-state index contributed by atoms with van der Waals surface area (Å²) < 4.78 is 0. The van der Waals surface area contributed by atoms with Gasteiger partial charge in [0.1, 0.15) is 5.82 Å². The second-order valence-corrected chi connectivity index (χ2v) is 4.64. The lowest BCUT2D eigenvalue weighted by molar-refractivity contribution is 0.383. The molecule has 88 valence electrons. The van der Waals surface area contributed by atoms with Crippen LogP contribution in [0.3, 0.4) is 0 Å². The molecule has 0 atom stereocenters. The van der Waals surface area contributed by atoms with Gasteiger partial charge in [-0.15, -0.1) is 0 Å². The number of rotatable bonds is 5. The Morgan fingerprint density at radius 1 is 1.50 bits per heavy atom.